The molecule has 0 aromatic heterocycles. The molecule has 2 aromatic carbocycles. The SMILES string of the molecule is COc1ccc(N2C(=O)NC3C[C@]2(C)Oc2ccc(Br)cc23)cc1OC. The third-order valence-electron chi connectivity index (χ3n) is 4.86. The van der Waals surface area contributed by atoms with Gasteiger partial charge in [-0.1, -0.05) is 15.9 Å². The van der Waals surface area contributed by atoms with E-state index in [4.69, 9.17) is 14.2 Å². The van der Waals surface area contributed by atoms with Crippen molar-refractivity contribution in [1.82, 2.24) is 5.32 Å². The number of hydrogen-bond acceptors (Lipinski definition) is 4. The van der Waals surface area contributed by atoms with Crippen LogP contribution in [0.15, 0.2) is 40.9 Å². The molecule has 0 radical (unpaired) electrons. The van der Waals surface area contributed by atoms with Crippen LogP contribution in [0.3, 0.4) is 0 Å². The molecule has 26 heavy (non-hydrogen) atoms. The summed E-state index contributed by atoms with van der Waals surface area (Å²) in [5.41, 5.74) is 0.867. The van der Waals surface area contributed by atoms with E-state index in [0.29, 0.717) is 23.6 Å². The van der Waals surface area contributed by atoms with Crippen molar-refractivity contribution in [2.75, 3.05) is 19.1 Å². The van der Waals surface area contributed by atoms with Crippen molar-refractivity contribution in [1.29, 1.82) is 0 Å². The number of hydrogen-bond donors (Lipinski definition) is 1. The zero-order chi connectivity index (χ0) is 18.5. The van der Waals surface area contributed by atoms with Crippen LogP contribution in [0.25, 0.3) is 0 Å². The van der Waals surface area contributed by atoms with Crippen molar-refractivity contribution in [3.63, 3.8) is 0 Å². The van der Waals surface area contributed by atoms with Crippen molar-refractivity contribution in [2.45, 2.75) is 25.1 Å². The standard InChI is InChI=1S/C19H19BrN2O4/c1-19-10-14(13-8-11(20)4-6-15(13)26-19)21-18(23)22(19)12-5-7-16(24-2)17(9-12)25-3/h4-9,14H,10H2,1-3H3,(H,21,23)/t14?,19-/m0/s1. The topological polar surface area (TPSA) is 60.0 Å². The first kappa shape index (κ1) is 17.0. The van der Waals surface area contributed by atoms with E-state index in [-0.39, 0.29) is 12.1 Å². The summed E-state index contributed by atoms with van der Waals surface area (Å²) in [6.45, 7) is 1.93. The molecule has 2 amide bonds. The molecule has 0 spiro atoms. The minimum Gasteiger partial charge on any atom is -0.493 e. The van der Waals surface area contributed by atoms with Gasteiger partial charge in [-0.15, -0.1) is 0 Å². The van der Waals surface area contributed by atoms with E-state index in [9.17, 15) is 4.79 Å². The van der Waals surface area contributed by atoms with Crippen molar-refractivity contribution < 1.29 is 19.0 Å². The number of carbonyl (C=O) groups excluding carboxylic acids is 1. The predicted molar refractivity (Wildman–Crippen MR) is 101 cm³/mol. The Morgan fingerprint density at radius 3 is 2.69 bits per heavy atom. The summed E-state index contributed by atoms with van der Waals surface area (Å²) < 4.78 is 17.9. The Labute approximate surface area is 160 Å². The van der Waals surface area contributed by atoms with Gasteiger partial charge in [-0.2, -0.15) is 0 Å². The normalized spacial score (nSPS) is 23.6. The third kappa shape index (κ3) is 2.58. The molecule has 1 unspecified atom stereocenters. The summed E-state index contributed by atoms with van der Waals surface area (Å²) in [4.78, 5) is 14.5. The van der Waals surface area contributed by atoms with Gasteiger partial charge >= 0.3 is 6.03 Å². The van der Waals surface area contributed by atoms with Gasteiger partial charge in [0.1, 0.15) is 5.75 Å². The first-order valence-electron chi connectivity index (χ1n) is 8.26. The number of urea groups is 1. The number of nitrogens with zero attached hydrogens (tertiary/aromatic N) is 1. The minimum atomic E-state index is -0.798. The lowest BCUT2D eigenvalue weighted by Gasteiger charge is -2.50. The molecule has 136 valence electrons. The van der Waals surface area contributed by atoms with E-state index < -0.39 is 5.72 Å². The molecule has 1 N–H and O–H groups in total. The van der Waals surface area contributed by atoms with Crippen LogP contribution in [-0.4, -0.2) is 26.0 Å². The van der Waals surface area contributed by atoms with Crippen LogP contribution in [0.5, 0.6) is 17.2 Å². The molecule has 2 aromatic rings. The third-order valence-corrected chi connectivity index (χ3v) is 5.35. The molecule has 1 saturated heterocycles. The molecule has 1 fully saturated rings. The Morgan fingerprint density at radius 1 is 1.19 bits per heavy atom. The van der Waals surface area contributed by atoms with Crippen molar-refractivity contribution in [3.8, 4) is 17.2 Å². The number of ether oxygens (including phenoxy) is 3. The molecule has 0 saturated carbocycles. The first-order chi connectivity index (χ1) is 12.4. The number of amides is 2. The largest absolute Gasteiger partial charge is 0.493 e. The molecule has 2 aliphatic heterocycles. The van der Waals surface area contributed by atoms with Gasteiger partial charge < -0.3 is 19.5 Å². The van der Waals surface area contributed by atoms with Crippen LogP contribution < -0.4 is 24.4 Å². The Bertz CT molecular complexity index is 888. The zero-order valence-corrected chi connectivity index (χ0v) is 16.3. The van der Waals surface area contributed by atoms with Crippen LogP contribution in [0, 0.1) is 0 Å². The molecule has 2 bridgehead atoms. The molecule has 2 aliphatic rings. The molecule has 0 aliphatic carbocycles. The van der Waals surface area contributed by atoms with Gasteiger partial charge in [-0.25, -0.2) is 4.79 Å². The Kier molecular flexibility index (Phi) is 3.99. The van der Waals surface area contributed by atoms with Gasteiger partial charge in [0.15, 0.2) is 17.2 Å². The quantitative estimate of drug-likeness (QED) is 0.809. The second-order valence-electron chi connectivity index (χ2n) is 6.54. The maximum atomic E-state index is 12.9. The van der Waals surface area contributed by atoms with Crippen LogP contribution in [0.1, 0.15) is 24.9 Å². The maximum Gasteiger partial charge on any atom is 0.325 e. The van der Waals surface area contributed by atoms with Gasteiger partial charge in [0.25, 0.3) is 0 Å². The van der Waals surface area contributed by atoms with Crippen LogP contribution in [0.2, 0.25) is 0 Å². The minimum absolute atomic E-state index is 0.0925. The predicted octanol–water partition coefficient (Wildman–Crippen LogP) is 4.24. The Balaban J connectivity index is 1.77. The monoisotopic (exact) mass is 418 g/mol. The number of fused-ring (bicyclic) bond motifs is 4. The van der Waals surface area contributed by atoms with E-state index in [2.05, 4.69) is 21.2 Å². The number of rotatable bonds is 3. The smallest absolute Gasteiger partial charge is 0.325 e. The summed E-state index contributed by atoms with van der Waals surface area (Å²) in [6.07, 6.45) is 0.635. The Morgan fingerprint density at radius 2 is 1.96 bits per heavy atom. The van der Waals surface area contributed by atoms with E-state index in [0.717, 1.165) is 15.8 Å². The van der Waals surface area contributed by atoms with Gasteiger partial charge in [-0.05, 0) is 37.3 Å². The fraction of sp³-hybridized carbons (Fsp3) is 0.316. The molecule has 2 heterocycles. The highest BCUT2D eigenvalue weighted by Gasteiger charge is 2.50. The van der Waals surface area contributed by atoms with Gasteiger partial charge in [0.2, 0.25) is 0 Å². The zero-order valence-electron chi connectivity index (χ0n) is 14.7. The fourth-order valence-electron chi connectivity index (χ4n) is 3.70. The average Bonchev–Trinajstić information content (AvgIpc) is 2.61. The summed E-state index contributed by atoms with van der Waals surface area (Å²) in [7, 11) is 3.15. The molecule has 6 nitrogen and oxygen atoms in total. The van der Waals surface area contributed by atoms with Crippen LogP contribution >= 0.6 is 15.9 Å². The summed E-state index contributed by atoms with van der Waals surface area (Å²) in [5.74, 6) is 1.94. The molecule has 7 heteroatoms. The highest BCUT2D eigenvalue weighted by Crippen LogP contribution is 2.47. The highest BCUT2D eigenvalue weighted by molar-refractivity contribution is 9.10. The summed E-state index contributed by atoms with van der Waals surface area (Å²) >= 11 is 3.48. The van der Waals surface area contributed by atoms with E-state index in [1.165, 1.54) is 0 Å². The van der Waals surface area contributed by atoms with Crippen LogP contribution in [-0.2, 0) is 0 Å². The number of benzene rings is 2. The summed E-state index contributed by atoms with van der Waals surface area (Å²) in [5, 5.41) is 3.09. The highest BCUT2D eigenvalue weighted by atomic mass is 79.9. The number of carbonyl (C=O) groups is 1. The van der Waals surface area contributed by atoms with E-state index in [1.807, 2.05) is 31.2 Å². The lowest BCUT2D eigenvalue weighted by Crippen LogP contribution is -2.65. The molecular formula is C19H19BrN2O4. The molecular weight excluding hydrogens is 400 g/mol. The van der Waals surface area contributed by atoms with Gasteiger partial charge in [0.05, 0.1) is 25.9 Å². The number of halogens is 1. The van der Waals surface area contributed by atoms with E-state index in [1.54, 1.807) is 31.3 Å². The lowest BCUT2D eigenvalue weighted by molar-refractivity contribution is 0.0378. The first-order valence-corrected chi connectivity index (χ1v) is 9.06. The van der Waals surface area contributed by atoms with Crippen molar-refractivity contribution >= 4 is 27.6 Å². The number of methoxy groups -OCH3 is 2. The Hall–Kier alpha value is -2.41. The fourth-order valence-corrected chi connectivity index (χ4v) is 4.08. The van der Waals surface area contributed by atoms with Gasteiger partial charge in [-0.3, -0.25) is 4.90 Å². The maximum absolute atomic E-state index is 12.9. The van der Waals surface area contributed by atoms with Crippen LogP contribution in [0.4, 0.5) is 10.5 Å². The lowest BCUT2D eigenvalue weighted by atomic mass is 9.90. The summed E-state index contributed by atoms with van der Waals surface area (Å²) in [6, 6.07) is 10.9. The second kappa shape index (κ2) is 6.09. The average molecular weight is 419 g/mol. The number of anilines is 1. The van der Waals surface area contributed by atoms with Gasteiger partial charge in [0, 0.05) is 22.5 Å². The van der Waals surface area contributed by atoms with Crippen molar-refractivity contribution in [3.05, 3.63) is 46.4 Å². The second-order valence-corrected chi connectivity index (χ2v) is 7.46. The number of nitrogens with one attached hydrogen (secondary N) is 1. The molecule has 4 rings (SSSR count). The van der Waals surface area contributed by atoms with E-state index >= 15 is 0 Å². The molecule has 2 atom stereocenters. The van der Waals surface area contributed by atoms with Crippen molar-refractivity contribution in [2.24, 2.45) is 0 Å².